The topological polar surface area (TPSA) is 75.2 Å². The maximum absolute atomic E-state index is 12.5. The highest BCUT2D eigenvalue weighted by molar-refractivity contribution is 5.50. The third kappa shape index (κ3) is 2.41. The molecular formula is C18H18N2O3. The van der Waals surface area contributed by atoms with Crippen LogP contribution < -0.4 is 10.3 Å². The van der Waals surface area contributed by atoms with Crippen molar-refractivity contribution in [2.75, 3.05) is 0 Å². The number of ether oxygens (including phenoxy) is 1. The van der Waals surface area contributed by atoms with Gasteiger partial charge in [0.1, 0.15) is 17.5 Å². The van der Waals surface area contributed by atoms with Gasteiger partial charge >= 0.3 is 0 Å². The number of aromatic nitrogens is 1. The van der Waals surface area contributed by atoms with E-state index in [2.05, 4.69) is 6.07 Å². The van der Waals surface area contributed by atoms with Gasteiger partial charge in [-0.05, 0) is 38.1 Å². The minimum absolute atomic E-state index is 0.164. The molecule has 0 radical (unpaired) electrons. The average Bonchev–Trinajstić information content (AvgIpc) is 2.51. The number of nitrogens with zero attached hydrogens (tertiary/aromatic N) is 2. The third-order valence-electron chi connectivity index (χ3n) is 4.36. The van der Waals surface area contributed by atoms with Crippen molar-refractivity contribution in [3.63, 3.8) is 0 Å². The van der Waals surface area contributed by atoms with Gasteiger partial charge in [-0.2, -0.15) is 5.26 Å². The van der Waals surface area contributed by atoms with Crippen molar-refractivity contribution in [3.8, 4) is 11.8 Å². The molecule has 3 rings (SSSR count). The van der Waals surface area contributed by atoms with E-state index in [1.807, 2.05) is 0 Å². The number of rotatable bonds is 1. The van der Waals surface area contributed by atoms with E-state index < -0.39 is 17.6 Å². The van der Waals surface area contributed by atoms with Crippen LogP contribution in [0.1, 0.15) is 36.5 Å². The van der Waals surface area contributed by atoms with E-state index >= 15 is 0 Å². The summed E-state index contributed by atoms with van der Waals surface area (Å²) in [7, 11) is 1.68. The van der Waals surface area contributed by atoms with Crippen molar-refractivity contribution in [1.29, 1.82) is 5.26 Å². The van der Waals surface area contributed by atoms with Gasteiger partial charge in [0, 0.05) is 30.3 Å². The molecule has 118 valence electrons. The molecule has 23 heavy (non-hydrogen) atoms. The second-order valence-electron chi connectivity index (χ2n) is 6.37. The van der Waals surface area contributed by atoms with Crippen molar-refractivity contribution in [2.24, 2.45) is 7.05 Å². The number of benzene rings is 1. The molecule has 1 aliphatic heterocycles. The van der Waals surface area contributed by atoms with Gasteiger partial charge in [-0.3, -0.25) is 4.79 Å². The number of pyridine rings is 1. The van der Waals surface area contributed by atoms with Crippen molar-refractivity contribution in [1.82, 2.24) is 4.57 Å². The molecule has 0 saturated carbocycles. The SMILES string of the molecule is Cn1cccc(C2c3cc(C#N)ccc3OC(C)(C)C2O)c1=O. The zero-order chi connectivity index (χ0) is 16.8. The molecule has 1 N–H and O–H groups in total. The van der Waals surface area contributed by atoms with Crippen LogP contribution in [0, 0.1) is 11.3 Å². The van der Waals surface area contributed by atoms with Gasteiger partial charge in [-0.15, -0.1) is 0 Å². The summed E-state index contributed by atoms with van der Waals surface area (Å²) in [6, 6.07) is 10.7. The Morgan fingerprint density at radius 2 is 2.04 bits per heavy atom. The Morgan fingerprint density at radius 3 is 2.74 bits per heavy atom. The lowest BCUT2D eigenvalue weighted by Gasteiger charge is -2.42. The van der Waals surface area contributed by atoms with E-state index in [1.165, 1.54) is 4.57 Å². The van der Waals surface area contributed by atoms with E-state index in [0.717, 1.165) is 0 Å². The Bertz CT molecular complexity index is 861. The Hall–Kier alpha value is -2.58. The zero-order valence-corrected chi connectivity index (χ0v) is 13.3. The van der Waals surface area contributed by atoms with Gasteiger partial charge in [0.05, 0.1) is 11.6 Å². The van der Waals surface area contributed by atoms with Crippen LogP contribution in [-0.4, -0.2) is 21.4 Å². The first-order valence-electron chi connectivity index (χ1n) is 7.42. The molecule has 1 aromatic carbocycles. The lowest BCUT2D eigenvalue weighted by Crippen LogP contribution is -2.50. The minimum Gasteiger partial charge on any atom is -0.485 e. The monoisotopic (exact) mass is 310 g/mol. The molecule has 5 heteroatoms. The summed E-state index contributed by atoms with van der Waals surface area (Å²) >= 11 is 0. The van der Waals surface area contributed by atoms with Gasteiger partial charge in [0.25, 0.3) is 5.56 Å². The summed E-state index contributed by atoms with van der Waals surface area (Å²) in [5.41, 5.74) is 0.626. The van der Waals surface area contributed by atoms with Crippen LogP contribution in [0.5, 0.6) is 5.75 Å². The summed E-state index contributed by atoms with van der Waals surface area (Å²) in [5, 5.41) is 20.0. The molecule has 0 amide bonds. The lowest BCUT2D eigenvalue weighted by molar-refractivity contribution is -0.0514. The number of hydrogen-bond acceptors (Lipinski definition) is 4. The summed E-state index contributed by atoms with van der Waals surface area (Å²) in [5.74, 6) is 0.0529. The highest BCUT2D eigenvalue weighted by atomic mass is 16.5. The van der Waals surface area contributed by atoms with E-state index in [1.54, 1.807) is 57.4 Å². The summed E-state index contributed by atoms with van der Waals surface area (Å²) in [6.45, 7) is 3.58. The molecule has 0 spiro atoms. The third-order valence-corrected chi connectivity index (χ3v) is 4.36. The van der Waals surface area contributed by atoms with Crippen LogP contribution in [0.3, 0.4) is 0 Å². The molecular weight excluding hydrogens is 292 g/mol. The molecule has 2 aromatic rings. The number of aryl methyl sites for hydroxylation is 1. The minimum atomic E-state index is -0.904. The molecule has 0 saturated heterocycles. The molecule has 2 unspecified atom stereocenters. The second-order valence-corrected chi connectivity index (χ2v) is 6.37. The smallest absolute Gasteiger partial charge is 0.254 e. The number of nitriles is 1. The van der Waals surface area contributed by atoms with Crippen molar-refractivity contribution in [2.45, 2.75) is 31.5 Å². The summed E-state index contributed by atoms with van der Waals surface area (Å²) in [4.78, 5) is 12.5. The molecule has 2 atom stereocenters. The van der Waals surface area contributed by atoms with E-state index in [-0.39, 0.29) is 5.56 Å². The summed E-state index contributed by atoms with van der Waals surface area (Å²) in [6.07, 6.45) is 0.772. The van der Waals surface area contributed by atoms with E-state index in [9.17, 15) is 9.90 Å². The fourth-order valence-electron chi connectivity index (χ4n) is 3.06. The number of fused-ring (bicyclic) bond motifs is 1. The van der Waals surface area contributed by atoms with E-state index in [0.29, 0.717) is 22.4 Å². The molecule has 0 fully saturated rings. The Morgan fingerprint density at radius 1 is 1.30 bits per heavy atom. The van der Waals surface area contributed by atoms with Crippen LogP contribution in [0.25, 0.3) is 0 Å². The number of aliphatic hydroxyl groups is 1. The molecule has 1 aromatic heterocycles. The van der Waals surface area contributed by atoms with Crippen molar-refractivity contribution in [3.05, 3.63) is 63.6 Å². The fraction of sp³-hybridized carbons (Fsp3) is 0.333. The van der Waals surface area contributed by atoms with Crippen molar-refractivity contribution < 1.29 is 9.84 Å². The van der Waals surface area contributed by atoms with Gasteiger partial charge in [0.2, 0.25) is 0 Å². The van der Waals surface area contributed by atoms with Crippen LogP contribution in [0.15, 0.2) is 41.3 Å². The predicted octanol–water partition coefficient (Wildman–Crippen LogP) is 1.92. The first kappa shape index (κ1) is 15.3. The van der Waals surface area contributed by atoms with E-state index in [4.69, 9.17) is 10.00 Å². The number of hydrogen-bond donors (Lipinski definition) is 1. The predicted molar refractivity (Wildman–Crippen MR) is 85.4 cm³/mol. The van der Waals surface area contributed by atoms with Crippen LogP contribution in [0.4, 0.5) is 0 Å². The summed E-state index contributed by atoms with van der Waals surface area (Å²) < 4.78 is 7.37. The molecule has 2 heterocycles. The molecule has 1 aliphatic rings. The average molecular weight is 310 g/mol. The maximum atomic E-state index is 12.5. The fourth-order valence-corrected chi connectivity index (χ4v) is 3.06. The normalized spacial score (nSPS) is 21.9. The first-order chi connectivity index (χ1) is 10.8. The van der Waals surface area contributed by atoms with Gasteiger partial charge < -0.3 is 14.4 Å². The van der Waals surface area contributed by atoms with Gasteiger partial charge in [-0.25, -0.2) is 0 Å². The highest BCUT2D eigenvalue weighted by Crippen LogP contribution is 2.43. The van der Waals surface area contributed by atoms with Gasteiger partial charge in [-0.1, -0.05) is 6.07 Å². The van der Waals surface area contributed by atoms with Crippen LogP contribution in [0.2, 0.25) is 0 Å². The lowest BCUT2D eigenvalue weighted by atomic mass is 9.77. The quantitative estimate of drug-likeness (QED) is 0.873. The standard InChI is InChI=1S/C18H18N2O3/c1-18(2)16(21)15(12-5-4-8-20(3)17(12)22)13-9-11(10-19)6-7-14(13)23-18/h4-9,15-16,21H,1-3H3. The Labute approximate surface area is 134 Å². The first-order valence-corrected chi connectivity index (χ1v) is 7.42. The Balaban J connectivity index is 2.28. The number of aliphatic hydroxyl groups excluding tert-OH is 1. The highest BCUT2D eigenvalue weighted by Gasteiger charge is 2.44. The van der Waals surface area contributed by atoms with Crippen LogP contribution in [-0.2, 0) is 7.05 Å². The molecule has 0 bridgehead atoms. The molecule has 0 aliphatic carbocycles. The second kappa shape index (κ2) is 5.25. The van der Waals surface area contributed by atoms with Gasteiger partial charge in [0.15, 0.2) is 0 Å². The van der Waals surface area contributed by atoms with Crippen LogP contribution >= 0.6 is 0 Å². The Kier molecular flexibility index (Phi) is 3.50. The zero-order valence-electron chi connectivity index (χ0n) is 13.3. The maximum Gasteiger partial charge on any atom is 0.254 e. The largest absolute Gasteiger partial charge is 0.485 e. The molecule has 5 nitrogen and oxygen atoms in total. The van der Waals surface area contributed by atoms with Crippen molar-refractivity contribution >= 4 is 0 Å².